The van der Waals surface area contributed by atoms with E-state index in [0.717, 1.165) is 10.5 Å². The van der Waals surface area contributed by atoms with Gasteiger partial charge in [0.2, 0.25) is 5.91 Å². The molecule has 0 fully saturated rings. The monoisotopic (exact) mass is 268 g/mol. The normalized spacial score (nSPS) is 9.89. The van der Waals surface area contributed by atoms with E-state index in [1.165, 1.54) is 11.8 Å². The number of thioether (sulfide) groups is 1. The van der Waals surface area contributed by atoms with Gasteiger partial charge >= 0.3 is 6.09 Å². The quantitative estimate of drug-likeness (QED) is 0.644. The summed E-state index contributed by atoms with van der Waals surface area (Å²) in [7, 11) is 0. The zero-order valence-electron chi connectivity index (χ0n) is 10.4. The van der Waals surface area contributed by atoms with Gasteiger partial charge in [0.25, 0.3) is 0 Å². The molecule has 0 unspecified atom stereocenters. The number of hydrogen-bond donors (Lipinski definition) is 2. The molecule has 98 valence electrons. The van der Waals surface area contributed by atoms with Crippen LogP contribution in [0.4, 0.5) is 10.5 Å². The molecule has 1 aromatic carbocycles. The number of alkyl carbamates (subject to hydrolysis) is 1. The van der Waals surface area contributed by atoms with Gasteiger partial charge in [-0.1, -0.05) is 0 Å². The predicted molar refractivity (Wildman–Crippen MR) is 71.5 cm³/mol. The van der Waals surface area contributed by atoms with E-state index in [0.29, 0.717) is 5.69 Å². The largest absolute Gasteiger partial charge is 0.450 e. The van der Waals surface area contributed by atoms with Crippen molar-refractivity contribution in [2.45, 2.75) is 18.7 Å². The van der Waals surface area contributed by atoms with Crippen LogP contribution >= 0.6 is 11.8 Å². The lowest BCUT2D eigenvalue weighted by atomic mass is 10.2. The van der Waals surface area contributed by atoms with Gasteiger partial charge in [0, 0.05) is 10.6 Å². The van der Waals surface area contributed by atoms with Crippen LogP contribution in [0.25, 0.3) is 0 Å². The first-order valence-electron chi connectivity index (χ1n) is 5.48. The molecule has 0 atom stereocenters. The lowest BCUT2D eigenvalue weighted by molar-refractivity contribution is -0.117. The minimum absolute atomic E-state index is 0.156. The van der Waals surface area contributed by atoms with Crippen molar-refractivity contribution in [2.24, 2.45) is 0 Å². The summed E-state index contributed by atoms with van der Waals surface area (Å²) in [6.07, 6.45) is -0.711. The van der Waals surface area contributed by atoms with Crippen molar-refractivity contribution in [3.63, 3.8) is 0 Å². The molecule has 5 nitrogen and oxygen atoms in total. The van der Waals surface area contributed by atoms with E-state index in [4.69, 9.17) is 5.73 Å². The highest BCUT2D eigenvalue weighted by Gasteiger charge is 2.09. The summed E-state index contributed by atoms with van der Waals surface area (Å²) >= 11 is 1.35. The molecule has 3 N–H and O–H groups in total. The molecule has 0 aliphatic carbocycles. The van der Waals surface area contributed by atoms with E-state index in [9.17, 15) is 9.59 Å². The van der Waals surface area contributed by atoms with Crippen molar-refractivity contribution in [3.05, 3.63) is 23.8 Å². The first-order chi connectivity index (χ1) is 8.52. The molecular weight excluding hydrogens is 252 g/mol. The van der Waals surface area contributed by atoms with Crippen molar-refractivity contribution in [2.75, 3.05) is 18.1 Å². The van der Waals surface area contributed by atoms with Crippen LogP contribution in [0.3, 0.4) is 0 Å². The third-order valence-corrected chi connectivity index (χ3v) is 3.25. The van der Waals surface area contributed by atoms with Crippen LogP contribution in [0.2, 0.25) is 0 Å². The fourth-order valence-corrected chi connectivity index (χ4v) is 2.10. The van der Waals surface area contributed by atoms with Crippen molar-refractivity contribution in [1.82, 2.24) is 5.32 Å². The van der Waals surface area contributed by atoms with Crippen LogP contribution < -0.4 is 11.1 Å². The fraction of sp³-hybridized carbons (Fsp3) is 0.333. The molecule has 0 saturated heterocycles. The molecule has 0 saturated carbocycles. The average Bonchev–Trinajstić information content (AvgIpc) is 2.28. The summed E-state index contributed by atoms with van der Waals surface area (Å²) < 4.78 is 4.61. The van der Waals surface area contributed by atoms with E-state index < -0.39 is 6.09 Å². The van der Waals surface area contributed by atoms with E-state index >= 15 is 0 Å². The van der Waals surface area contributed by atoms with E-state index in [-0.39, 0.29) is 18.3 Å². The van der Waals surface area contributed by atoms with E-state index in [2.05, 4.69) is 10.1 Å². The standard InChI is InChI=1S/C12H16N2O3S/c1-3-17-12(16)14-11(15)7-18-10-5-4-9(13)6-8(10)2/h4-6H,3,7,13H2,1-2H3,(H,14,15,16). The zero-order valence-corrected chi connectivity index (χ0v) is 11.2. The minimum atomic E-state index is -0.711. The number of anilines is 1. The summed E-state index contributed by atoms with van der Waals surface area (Å²) in [6.45, 7) is 3.84. The van der Waals surface area contributed by atoms with Gasteiger partial charge < -0.3 is 10.5 Å². The smallest absolute Gasteiger partial charge is 0.413 e. The number of nitrogens with two attached hydrogens (primary N) is 1. The van der Waals surface area contributed by atoms with Crippen molar-refractivity contribution in [1.29, 1.82) is 0 Å². The second-order valence-electron chi connectivity index (χ2n) is 3.58. The molecule has 0 aliphatic rings. The number of benzene rings is 1. The highest BCUT2D eigenvalue weighted by molar-refractivity contribution is 8.00. The van der Waals surface area contributed by atoms with Gasteiger partial charge in [0.1, 0.15) is 0 Å². The van der Waals surface area contributed by atoms with Gasteiger partial charge in [0.15, 0.2) is 0 Å². The third-order valence-electron chi connectivity index (χ3n) is 2.07. The molecule has 0 bridgehead atoms. The third kappa shape index (κ3) is 4.67. The van der Waals surface area contributed by atoms with Gasteiger partial charge in [-0.25, -0.2) is 4.79 Å². The highest BCUT2D eigenvalue weighted by Crippen LogP contribution is 2.23. The number of ether oxygens (including phenoxy) is 1. The molecular formula is C12H16N2O3S. The number of carbonyl (C=O) groups excluding carboxylic acids is 2. The molecule has 0 radical (unpaired) electrons. The molecule has 0 heterocycles. The predicted octanol–water partition coefficient (Wildman–Crippen LogP) is 1.94. The van der Waals surface area contributed by atoms with Gasteiger partial charge in [-0.3, -0.25) is 10.1 Å². The molecule has 6 heteroatoms. The first-order valence-corrected chi connectivity index (χ1v) is 6.47. The number of imide groups is 1. The van der Waals surface area contributed by atoms with Crippen LogP contribution in [0.1, 0.15) is 12.5 Å². The number of carbonyl (C=O) groups is 2. The molecule has 1 rings (SSSR count). The number of rotatable bonds is 4. The second kappa shape index (κ2) is 6.90. The number of amides is 2. The Bertz CT molecular complexity index is 449. The molecule has 2 amide bonds. The van der Waals surface area contributed by atoms with Crippen LogP contribution in [-0.4, -0.2) is 24.4 Å². The maximum atomic E-state index is 11.4. The molecule has 0 aliphatic heterocycles. The van der Waals surface area contributed by atoms with Crippen LogP contribution in [0.5, 0.6) is 0 Å². The number of aryl methyl sites for hydroxylation is 1. The summed E-state index contributed by atoms with van der Waals surface area (Å²) in [6, 6.07) is 5.47. The molecule has 0 spiro atoms. The Labute approximate surface area is 110 Å². The van der Waals surface area contributed by atoms with Crippen molar-refractivity contribution in [3.8, 4) is 0 Å². The summed E-state index contributed by atoms with van der Waals surface area (Å²) in [5.41, 5.74) is 7.32. The SMILES string of the molecule is CCOC(=O)NC(=O)CSc1ccc(N)cc1C. The number of nitrogens with one attached hydrogen (secondary N) is 1. The molecule has 1 aromatic rings. The minimum Gasteiger partial charge on any atom is -0.450 e. The summed E-state index contributed by atoms with van der Waals surface area (Å²) in [4.78, 5) is 23.4. The fourth-order valence-electron chi connectivity index (χ4n) is 1.29. The van der Waals surface area contributed by atoms with E-state index in [1.54, 1.807) is 13.0 Å². The number of hydrogen-bond acceptors (Lipinski definition) is 5. The average molecular weight is 268 g/mol. The Balaban J connectivity index is 2.45. The zero-order chi connectivity index (χ0) is 13.5. The summed E-state index contributed by atoms with van der Waals surface area (Å²) in [5.74, 6) is -0.224. The lowest BCUT2D eigenvalue weighted by Crippen LogP contribution is -2.32. The molecule has 18 heavy (non-hydrogen) atoms. The van der Waals surface area contributed by atoms with Gasteiger partial charge in [-0.2, -0.15) is 0 Å². The maximum Gasteiger partial charge on any atom is 0.413 e. The molecule has 0 aromatic heterocycles. The van der Waals surface area contributed by atoms with Gasteiger partial charge in [-0.05, 0) is 37.6 Å². The summed E-state index contributed by atoms with van der Waals surface area (Å²) in [5, 5.41) is 2.14. The maximum absolute atomic E-state index is 11.4. The lowest BCUT2D eigenvalue weighted by Gasteiger charge is -2.06. The second-order valence-corrected chi connectivity index (χ2v) is 4.60. The Hall–Kier alpha value is -1.69. The van der Waals surface area contributed by atoms with Crippen LogP contribution in [0, 0.1) is 6.92 Å². The van der Waals surface area contributed by atoms with E-state index in [1.807, 2.05) is 19.1 Å². The number of nitrogen functional groups attached to an aromatic ring is 1. The van der Waals surface area contributed by atoms with Gasteiger partial charge in [-0.15, -0.1) is 11.8 Å². The van der Waals surface area contributed by atoms with Gasteiger partial charge in [0.05, 0.1) is 12.4 Å². The Kier molecular flexibility index (Phi) is 5.51. The van der Waals surface area contributed by atoms with Crippen molar-refractivity contribution >= 4 is 29.4 Å². The van der Waals surface area contributed by atoms with Crippen LogP contribution in [-0.2, 0) is 9.53 Å². The van der Waals surface area contributed by atoms with Crippen LogP contribution in [0.15, 0.2) is 23.1 Å². The highest BCUT2D eigenvalue weighted by atomic mass is 32.2. The Morgan fingerprint density at radius 3 is 2.78 bits per heavy atom. The first kappa shape index (κ1) is 14.4. The topological polar surface area (TPSA) is 81.4 Å². The Morgan fingerprint density at radius 2 is 2.17 bits per heavy atom. The van der Waals surface area contributed by atoms with Crippen molar-refractivity contribution < 1.29 is 14.3 Å². The Morgan fingerprint density at radius 1 is 1.44 bits per heavy atom.